The molecule has 0 radical (unpaired) electrons. The fourth-order valence-electron chi connectivity index (χ4n) is 3.22. The number of nitrogens with one attached hydrogen (secondary N) is 2. The Kier molecular flexibility index (Phi) is 3.71. The number of imidazole rings is 2. The molecule has 9 heteroatoms. The van der Waals surface area contributed by atoms with Crippen molar-refractivity contribution >= 4 is 28.1 Å². The van der Waals surface area contributed by atoms with Crippen LogP contribution in [0, 0.1) is 5.95 Å². The molecule has 4 heterocycles. The molecule has 1 aromatic carbocycles. The van der Waals surface area contributed by atoms with Crippen LogP contribution >= 0.6 is 0 Å². The van der Waals surface area contributed by atoms with Gasteiger partial charge in [0.1, 0.15) is 23.2 Å². The van der Waals surface area contributed by atoms with Crippen LogP contribution in [0.4, 0.5) is 10.2 Å². The van der Waals surface area contributed by atoms with Crippen molar-refractivity contribution in [2.45, 2.75) is 13.0 Å². The van der Waals surface area contributed by atoms with Gasteiger partial charge in [-0.2, -0.15) is 9.37 Å². The average Bonchev–Trinajstić information content (AvgIpc) is 3.33. The molecule has 0 spiro atoms. The second-order valence-corrected chi connectivity index (χ2v) is 6.31. The third kappa shape index (κ3) is 2.64. The molecule has 4 aromatic heterocycles. The van der Waals surface area contributed by atoms with Gasteiger partial charge in [-0.1, -0.05) is 18.2 Å². The van der Waals surface area contributed by atoms with E-state index < -0.39 is 5.95 Å². The number of H-pyrrole nitrogens is 1. The molecule has 8 nitrogen and oxygen atoms in total. The zero-order valence-corrected chi connectivity index (χ0v) is 14.8. The summed E-state index contributed by atoms with van der Waals surface area (Å²) < 4.78 is 15.7. The van der Waals surface area contributed by atoms with Crippen molar-refractivity contribution in [1.29, 1.82) is 0 Å². The number of hydrogen-bond acceptors (Lipinski definition) is 6. The molecule has 0 aliphatic rings. The van der Waals surface area contributed by atoms with Crippen LogP contribution in [-0.4, -0.2) is 34.5 Å². The lowest BCUT2D eigenvalue weighted by Gasteiger charge is -2.16. The van der Waals surface area contributed by atoms with Gasteiger partial charge in [-0.3, -0.25) is 4.57 Å². The maximum Gasteiger partial charge on any atom is 0.214 e. The van der Waals surface area contributed by atoms with Crippen LogP contribution in [0.25, 0.3) is 28.0 Å². The van der Waals surface area contributed by atoms with E-state index in [0.717, 1.165) is 5.69 Å². The van der Waals surface area contributed by atoms with Gasteiger partial charge in [0.2, 0.25) is 5.95 Å². The van der Waals surface area contributed by atoms with Crippen LogP contribution in [0.2, 0.25) is 0 Å². The Labute approximate surface area is 158 Å². The van der Waals surface area contributed by atoms with Gasteiger partial charge in [-0.15, -0.1) is 0 Å². The highest BCUT2D eigenvalue weighted by atomic mass is 19.1. The number of nitrogens with zero attached hydrogens (tertiary/aromatic N) is 6. The van der Waals surface area contributed by atoms with Gasteiger partial charge in [0.25, 0.3) is 0 Å². The van der Waals surface area contributed by atoms with Crippen LogP contribution in [0.15, 0.2) is 55.1 Å². The Morgan fingerprint density at radius 3 is 2.75 bits per heavy atom. The third-order valence-corrected chi connectivity index (χ3v) is 4.47. The van der Waals surface area contributed by atoms with Gasteiger partial charge in [0.05, 0.1) is 12.4 Å². The fourth-order valence-corrected chi connectivity index (χ4v) is 3.22. The summed E-state index contributed by atoms with van der Waals surface area (Å²) in [5, 5.41) is 3.35. The smallest absolute Gasteiger partial charge is 0.214 e. The predicted octanol–water partition coefficient (Wildman–Crippen LogP) is 3.40. The predicted molar refractivity (Wildman–Crippen MR) is 103 cm³/mol. The first kappa shape index (κ1) is 16.3. The summed E-state index contributed by atoms with van der Waals surface area (Å²) in [6.45, 7) is 1.96. The molecule has 0 aliphatic heterocycles. The molecule has 2 N–H and O–H groups in total. The number of rotatable bonds is 4. The van der Waals surface area contributed by atoms with E-state index in [1.54, 1.807) is 12.4 Å². The lowest BCUT2D eigenvalue weighted by atomic mass is 10.2. The van der Waals surface area contributed by atoms with Gasteiger partial charge in [0, 0.05) is 5.69 Å². The minimum atomic E-state index is -0.549. The molecular weight excluding hydrogens is 359 g/mol. The van der Waals surface area contributed by atoms with Crippen molar-refractivity contribution in [3.63, 3.8) is 0 Å². The summed E-state index contributed by atoms with van der Waals surface area (Å²) in [5.74, 6) is 0.748. The van der Waals surface area contributed by atoms with Gasteiger partial charge in [-0.25, -0.2) is 19.9 Å². The van der Waals surface area contributed by atoms with Crippen LogP contribution < -0.4 is 5.32 Å². The highest BCUT2D eigenvalue weighted by Gasteiger charge is 2.20. The summed E-state index contributed by atoms with van der Waals surface area (Å²) in [7, 11) is 0. The summed E-state index contributed by atoms with van der Waals surface area (Å²) in [6, 6.07) is 12.3. The molecule has 138 valence electrons. The van der Waals surface area contributed by atoms with E-state index >= 15 is 0 Å². The van der Waals surface area contributed by atoms with E-state index in [9.17, 15) is 4.39 Å². The lowest BCUT2D eigenvalue weighted by Crippen LogP contribution is -2.14. The molecule has 0 bridgehead atoms. The van der Waals surface area contributed by atoms with E-state index in [1.165, 1.54) is 12.4 Å². The van der Waals surface area contributed by atoms with Crippen molar-refractivity contribution in [2.24, 2.45) is 0 Å². The molecule has 5 aromatic rings. The molecule has 0 amide bonds. The van der Waals surface area contributed by atoms with E-state index in [0.29, 0.717) is 34.0 Å². The summed E-state index contributed by atoms with van der Waals surface area (Å²) in [6.07, 6.45) is 3.02. The van der Waals surface area contributed by atoms with E-state index in [1.807, 2.05) is 41.8 Å². The van der Waals surface area contributed by atoms with E-state index in [-0.39, 0.29) is 6.04 Å². The monoisotopic (exact) mass is 374 g/mol. The van der Waals surface area contributed by atoms with Gasteiger partial charge < -0.3 is 10.3 Å². The number of halogens is 1. The minimum Gasteiger partial charge on any atom is -0.358 e. The average molecular weight is 374 g/mol. The quantitative estimate of drug-likeness (QED) is 0.468. The lowest BCUT2D eigenvalue weighted by molar-refractivity contribution is 0.587. The van der Waals surface area contributed by atoms with Crippen molar-refractivity contribution < 1.29 is 4.39 Å². The summed E-state index contributed by atoms with van der Waals surface area (Å²) in [4.78, 5) is 24.4. The molecule has 28 heavy (non-hydrogen) atoms. The highest BCUT2D eigenvalue weighted by Crippen LogP contribution is 2.27. The van der Waals surface area contributed by atoms with E-state index in [4.69, 9.17) is 4.98 Å². The minimum absolute atomic E-state index is 0.251. The Hall–Kier alpha value is -3.88. The Morgan fingerprint density at radius 2 is 1.89 bits per heavy atom. The second kappa shape index (κ2) is 6.38. The number of hydrogen-bond donors (Lipinski definition) is 2. The number of para-hydroxylation sites is 1. The number of anilines is 1. The van der Waals surface area contributed by atoms with Crippen LogP contribution in [-0.2, 0) is 0 Å². The third-order valence-electron chi connectivity index (χ3n) is 4.47. The SMILES string of the molecule is CC(Nc1ncnc2nc[nH]c12)c1nc2ccc(F)nc2n1-c1ccccc1. The Morgan fingerprint density at radius 1 is 1.04 bits per heavy atom. The highest BCUT2D eigenvalue weighted by molar-refractivity contribution is 5.82. The van der Waals surface area contributed by atoms with Crippen LogP contribution in [0.3, 0.4) is 0 Å². The normalized spacial score (nSPS) is 12.5. The van der Waals surface area contributed by atoms with Crippen molar-refractivity contribution in [3.8, 4) is 5.69 Å². The molecule has 0 aliphatic carbocycles. The standard InChI is InChI=1S/C19H15FN8/c1-11(25-17-15-16(22-9-21-15)23-10-24-17)18-26-13-7-8-14(20)27-19(13)28(18)12-5-3-2-4-6-12/h2-11H,1H3,(H2,21,22,23,24,25). The molecule has 0 saturated carbocycles. The van der Waals surface area contributed by atoms with Crippen molar-refractivity contribution in [3.05, 3.63) is 66.9 Å². The van der Waals surface area contributed by atoms with Crippen LogP contribution in [0.1, 0.15) is 18.8 Å². The summed E-state index contributed by atoms with van der Waals surface area (Å²) >= 11 is 0. The van der Waals surface area contributed by atoms with Gasteiger partial charge in [-0.05, 0) is 31.2 Å². The second-order valence-electron chi connectivity index (χ2n) is 6.31. The molecular formula is C19H15FN8. The topological polar surface area (TPSA) is 97.2 Å². The largest absolute Gasteiger partial charge is 0.358 e. The van der Waals surface area contributed by atoms with Crippen molar-refractivity contribution in [1.82, 2.24) is 34.5 Å². The Bertz CT molecular complexity index is 1280. The van der Waals surface area contributed by atoms with Crippen LogP contribution in [0.5, 0.6) is 0 Å². The molecule has 1 atom stereocenters. The van der Waals surface area contributed by atoms with E-state index in [2.05, 4.69) is 30.2 Å². The first-order chi connectivity index (χ1) is 13.7. The maximum absolute atomic E-state index is 13.8. The molecule has 1 unspecified atom stereocenters. The first-order valence-electron chi connectivity index (χ1n) is 8.71. The zero-order valence-electron chi connectivity index (χ0n) is 14.8. The zero-order chi connectivity index (χ0) is 19.1. The number of benzene rings is 1. The number of aromatic amines is 1. The number of aromatic nitrogens is 7. The number of fused-ring (bicyclic) bond motifs is 2. The first-order valence-corrected chi connectivity index (χ1v) is 8.71. The molecule has 5 rings (SSSR count). The summed E-state index contributed by atoms with van der Waals surface area (Å²) in [5.41, 5.74) is 3.21. The molecule has 0 saturated heterocycles. The van der Waals surface area contributed by atoms with Gasteiger partial charge >= 0.3 is 0 Å². The fraction of sp³-hybridized carbons (Fsp3) is 0.105. The van der Waals surface area contributed by atoms with Gasteiger partial charge in [0.15, 0.2) is 17.1 Å². The maximum atomic E-state index is 13.8. The number of pyridine rings is 1. The van der Waals surface area contributed by atoms with Crippen molar-refractivity contribution in [2.75, 3.05) is 5.32 Å². The Balaban J connectivity index is 1.64. The molecule has 0 fully saturated rings.